The van der Waals surface area contributed by atoms with E-state index in [2.05, 4.69) is 43.9 Å². The van der Waals surface area contributed by atoms with E-state index in [-0.39, 0.29) is 5.41 Å². The monoisotopic (exact) mass is 310 g/mol. The summed E-state index contributed by atoms with van der Waals surface area (Å²) in [7, 11) is 0. The van der Waals surface area contributed by atoms with Crippen LogP contribution < -0.4 is 10.5 Å². The van der Waals surface area contributed by atoms with Gasteiger partial charge in [-0.15, -0.1) is 0 Å². The van der Waals surface area contributed by atoms with E-state index in [1.54, 1.807) is 0 Å². The van der Waals surface area contributed by atoms with Gasteiger partial charge in [0, 0.05) is 25.3 Å². The molecular formula is C20H26N2O. The number of hydrogen-bond donors (Lipinski definition) is 1. The molecule has 0 amide bonds. The number of anilines is 1. The van der Waals surface area contributed by atoms with Crippen LogP contribution in [0.2, 0.25) is 0 Å². The minimum atomic E-state index is 0.209. The fourth-order valence-corrected chi connectivity index (χ4v) is 2.95. The van der Waals surface area contributed by atoms with Gasteiger partial charge in [0.1, 0.15) is 12.4 Å². The van der Waals surface area contributed by atoms with Gasteiger partial charge in [-0.05, 0) is 46.4 Å². The molecular weight excluding hydrogens is 284 g/mol. The molecule has 3 heteroatoms. The summed E-state index contributed by atoms with van der Waals surface area (Å²) < 4.78 is 5.80. The second-order valence-electron chi connectivity index (χ2n) is 7.36. The molecule has 0 aliphatic carbocycles. The first kappa shape index (κ1) is 15.9. The molecule has 23 heavy (non-hydrogen) atoms. The number of fused-ring (bicyclic) bond motifs is 1. The van der Waals surface area contributed by atoms with Crippen LogP contribution in [0.4, 0.5) is 5.69 Å². The first-order chi connectivity index (χ1) is 10.9. The quantitative estimate of drug-likeness (QED) is 0.869. The Morgan fingerprint density at radius 1 is 1.00 bits per heavy atom. The van der Waals surface area contributed by atoms with Crippen LogP contribution in [0.15, 0.2) is 42.5 Å². The molecule has 0 fully saturated rings. The maximum Gasteiger partial charge on any atom is 0.119 e. The smallest absolute Gasteiger partial charge is 0.119 e. The highest BCUT2D eigenvalue weighted by molar-refractivity contribution is 5.41. The SMILES string of the molecule is CC(C)(C)c1ccc2c(c1)CN(CCOc1ccc(N)cc1)C2. The fourth-order valence-electron chi connectivity index (χ4n) is 2.95. The van der Waals surface area contributed by atoms with Crippen LogP contribution in [-0.4, -0.2) is 18.1 Å². The molecule has 0 atom stereocenters. The molecule has 2 aromatic carbocycles. The lowest BCUT2D eigenvalue weighted by Gasteiger charge is -2.19. The normalized spacial score (nSPS) is 14.7. The zero-order valence-electron chi connectivity index (χ0n) is 14.3. The van der Waals surface area contributed by atoms with E-state index in [0.29, 0.717) is 6.61 Å². The van der Waals surface area contributed by atoms with Crippen molar-refractivity contribution < 1.29 is 4.74 Å². The first-order valence-electron chi connectivity index (χ1n) is 8.25. The molecule has 0 radical (unpaired) electrons. The van der Waals surface area contributed by atoms with Crippen molar-refractivity contribution in [1.29, 1.82) is 0 Å². The van der Waals surface area contributed by atoms with Crippen molar-refractivity contribution >= 4 is 5.69 Å². The van der Waals surface area contributed by atoms with E-state index in [0.717, 1.165) is 31.1 Å². The molecule has 2 aromatic rings. The van der Waals surface area contributed by atoms with Gasteiger partial charge >= 0.3 is 0 Å². The minimum Gasteiger partial charge on any atom is -0.492 e. The van der Waals surface area contributed by atoms with Gasteiger partial charge in [0.15, 0.2) is 0 Å². The summed E-state index contributed by atoms with van der Waals surface area (Å²) in [4.78, 5) is 2.44. The Kier molecular flexibility index (Phi) is 4.31. The van der Waals surface area contributed by atoms with Gasteiger partial charge in [-0.2, -0.15) is 0 Å². The highest BCUT2D eigenvalue weighted by atomic mass is 16.5. The molecule has 0 bridgehead atoms. The first-order valence-corrected chi connectivity index (χ1v) is 8.25. The van der Waals surface area contributed by atoms with Crippen LogP contribution in [0.25, 0.3) is 0 Å². The van der Waals surface area contributed by atoms with Crippen LogP contribution in [0.1, 0.15) is 37.5 Å². The van der Waals surface area contributed by atoms with E-state index < -0.39 is 0 Å². The van der Waals surface area contributed by atoms with E-state index in [4.69, 9.17) is 10.5 Å². The van der Waals surface area contributed by atoms with Crippen LogP contribution in [0.3, 0.4) is 0 Å². The summed E-state index contributed by atoms with van der Waals surface area (Å²) in [6.07, 6.45) is 0. The van der Waals surface area contributed by atoms with Crippen molar-refractivity contribution in [2.24, 2.45) is 0 Å². The third kappa shape index (κ3) is 3.85. The third-order valence-corrected chi connectivity index (χ3v) is 4.42. The number of ether oxygens (including phenoxy) is 1. The highest BCUT2D eigenvalue weighted by Gasteiger charge is 2.21. The highest BCUT2D eigenvalue weighted by Crippen LogP contribution is 2.29. The number of nitrogens with two attached hydrogens (primary N) is 1. The molecule has 0 saturated heterocycles. The molecule has 2 N–H and O–H groups in total. The van der Waals surface area contributed by atoms with Crippen molar-refractivity contribution in [1.82, 2.24) is 4.90 Å². The second-order valence-corrected chi connectivity index (χ2v) is 7.36. The average molecular weight is 310 g/mol. The standard InChI is InChI=1S/C20H26N2O/c1-20(2,3)17-5-4-15-13-22(14-16(15)12-17)10-11-23-19-8-6-18(21)7-9-19/h4-9,12H,10-11,13-14,21H2,1-3H3. The van der Waals surface area contributed by atoms with Crippen LogP contribution in [0.5, 0.6) is 5.75 Å². The molecule has 0 aromatic heterocycles. The molecule has 0 unspecified atom stereocenters. The molecule has 3 nitrogen and oxygen atoms in total. The Balaban J connectivity index is 1.54. The van der Waals surface area contributed by atoms with E-state index >= 15 is 0 Å². The second kappa shape index (κ2) is 6.25. The Labute approximate surface area is 139 Å². The summed E-state index contributed by atoms with van der Waals surface area (Å²) in [5, 5.41) is 0. The summed E-state index contributed by atoms with van der Waals surface area (Å²) in [6.45, 7) is 10.5. The summed E-state index contributed by atoms with van der Waals surface area (Å²) in [5.74, 6) is 0.880. The van der Waals surface area contributed by atoms with Gasteiger partial charge in [-0.1, -0.05) is 39.0 Å². The van der Waals surface area contributed by atoms with Gasteiger partial charge in [0.25, 0.3) is 0 Å². The summed E-state index contributed by atoms with van der Waals surface area (Å²) >= 11 is 0. The molecule has 0 spiro atoms. The molecule has 1 heterocycles. The lowest BCUT2D eigenvalue weighted by atomic mass is 9.85. The maximum absolute atomic E-state index is 5.80. The van der Waals surface area contributed by atoms with Gasteiger partial charge in [-0.3, -0.25) is 4.90 Å². The topological polar surface area (TPSA) is 38.5 Å². The Morgan fingerprint density at radius 2 is 1.70 bits per heavy atom. The van der Waals surface area contributed by atoms with Gasteiger partial charge in [-0.25, -0.2) is 0 Å². The molecule has 122 valence electrons. The molecule has 3 rings (SSSR count). The summed E-state index contributed by atoms with van der Waals surface area (Å²) in [5.41, 5.74) is 11.0. The minimum absolute atomic E-state index is 0.209. The van der Waals surface area contributed by atoms with Crippen molar-refractivity contribution in [2.45, 2.75) is 39.3 Å². The van der Waals surface area contributed by atoms with E-state index in [1.165, 1.54) is 16.7 Å². The van der Waals surface area contributed by atoms with Crippen LogP contribution >= 0.6 is 0 Å². The number of benzene rings is 2. The number of hydrogen-bond acceptors (Lipinski definition) is 3. The average Bonchev–Trinajstić information content (AvgIpc) is 2.90. The lowest BCUT2D eigenvalue weighted by molar-refractivity contribution is 0.211. The Bertz CT molecular complexity index is 671. The van der Waals surface area contributed by atoms with Gasteiger partial charge in [0.2, 0.25) is 0 Å². The number of nitrogen functional groups attached to an aromatic ring is 1. The zero-order chi connectivity index (χ0) is 16.4. The van der Waals surface area contributed by atoms with Crippen molar-refractivity contribution in [2.75, 3.05) is 18.9 Å². The van der Waals surface area contributed by atoms with Crippen LogP contribution in [0, 0.1) is 0 Å². The third-order valence-electron chi connectivity index (χ3n) is 4.42. The lowest BCUT2D eigenvalue weighted by Crippen LogP contribution is -2.22. The van der Waals surface area contributed by atoms with E-state index in [1.807, 2.05) is 24.3 Å². The van der Waals surface area contributed by atoms with Crippen molar-refractivity contribution in [3.05, 3.63) is 59.2 Å². The van der Waals surface area contributed by atoms with Gasteiger partial charge in [0.05, 0.1) is 0 Å². The Morgan fingerprint density at radius 3 is 2.39 bits per heavy atom. The molecule has 1 aliphatic heterocycles. The predicted octanol–water partition coefficient (Wildman–Crippen LogP) is 3.96. The summed E-state index contributed by atoms with van der Waals surface area (Å²) in [6, 6.07) is 14.5. The fraction of sp³-hybridized carbons (Fsp3) is 0.400. The molecule has 1 aliphatic rings. The number of nitrogens with zero attached hydrogens (tertiary/aromatic N) is 1. The van der Waals surface area contributed by atoms with E-state index in [9.17, 15) is 0 Å². The number of rotatable bonds is 4. The molecule has 0 saturated carbocycles. The largest absolute Gasteiger partial charge is 0.492 e. The zero-order valence-corrected chi connectivity index (χ0v) is 14.3. The predicted molar refractivity (Wildman–Crippen MR) is 95.6 cm³/mol. The van der Waals surface area contributed by atoms with Crippen molar-refractivity contribution in [3.63, 3.8) is 0 Å². The Hall–Kier alpha value is -2.00. The maximum atomic E-state index is 5.80. The van der Waals surface area contributed by atoms with Gasteiger partial charge < -0.3 is 10.5 Å². The van der Waals surface area contributed by atoms with Crippen LogP contribution in [-0.2, 0) is 18.5 Å². The van der Waals surface area contributed by atoms with Crippen molar-refractivity contribution in [3.8, 4) is 5.75 Å².